The lowest BCUT2D eigenvalue weighted by atomic mass is 10.1. The predicted octanol–water partition coefficient (Wildman–Crippen LogP) is 0.251. The third kappa shape index (κ3) is 3.76. The van der Waals surface area contributed by atoms with Gasteiger partial charge in [-0.1, -0.05) is 35.5 Å². The van der Waals surface area contributed by atoms with Gasteiger partial charge in [0, 0.05) is 5.56 Å². The lowest BCUT2D eigenvalue weighted by Crippen LogP contribution is -2.22. The van der Waals surface area contributed by atoms with E-state index in [9.17, 15) is 9.59 Å². The molecule has 0 bridgehead atoms. The van der Waals surface area contributed by atoms with Gasteiger partial charge >= 0.3 is 0 Å². The number of Topliss-reactive ketones (excluding diaryl/α,β-unsaturated/α-hetero) is 1. The molecule has 17 heavy (non-hydrogen) atoms. The van der Waals surface area contributed by atoms with Gasteiger partial charge in [-0.05, 0) is 0 Å². The molecular formula is C11H9N3O3. The highest BCUT2D eigenvalue weighted by molar-refractivity contribution is 6.44. The molecule has 0 heterocycles. The van der Waals surface area contributed by atoms with Gasteiger partial charge in [0.2, 0.25) is 11.5 Å². The molecule has 0 aliphatic heterocycles. The van der Waals surface area contributed by atoms with Crippen LogP contribution in [0.4, 0.5) is 0 Å². The first-order valence-electron chi connectivity index (χ1n) is 4.63. The lowest BCUT2D eigenvalue weighted by molar-refractivity contribution is -0.112. The Bertz CT molecular complexity index is 488. The van der Waals surface area contributed by atoms with Crippen LogP contribution in [0.5, 0.6) is 0 Å². The fraction of sp³-hybridized carbons (Fsp3) is 0.0909. The fourth-order valence-electron chi connectivity index (χ4n) is 0.983. The number of primary amides is 1. The van der Waals surface area contributed by atoms with E-state index in [1.165, 1.54) is 6.07 Å². The van der Waals surface area contributed by atoms with Crippen LogP contribution in [0.1, 0.15) is 10.4 Å². The van der Waals surface area contributed by atoms with Crippen molar-refractivity contribution in [2.45, 2.75) is 0 Å². The highest BCUT2D eigenvalue weighted by Gasteiger charge is 2.08. The summed E-state index contributed by atoms with van der Waals surface area (Å²) in [6, 6.07) is 9.89. The summed E-state index contributed by atoms with van der Waals surface area (Å²) in [5, 5.41) is 11.6. The fourth-order valence-corrected chi connectivity index (χ4v) is 0.983. The van der Waals surface area contributed by atoms with Crippen molar-refractivity contribution in [2.75, 3.05) is 6.61 Å². The van der Waals surface area contributed by atoms with Crippen LogP contribution >= 0.6 is 0 Å². The number of nitriles is 1. The smallest absolute Gasteiger partial charge is 0.281 e. The monoisotopic (exact) mass is 231 g/mol. The Morgan fingerprint density at radius 3 is 2.53 bits per heavy atom. The number of rotatable bonds is 5. The van der Waals surface area contributed by atoms with Crippen LogP contribution in [0, 0.1) is 11.3 Å². The number of ketones is 1. The molecule has 0 aromatic heterocycles. The van der Waals surface area contributed by atoms with E-state index in [0.717, 1.165) is 0 Å². The van der Waals surface area contributed by atoms with Crippen LogP contribution < -0.4 is 5.73 Å². The van der Waals surface area contributed by atoms with Crippen molar-refractivity contribution in [1.82, 2.24) is 0 Å². The highest BCUT2D eigenvalue weighted by Crippen LogP contribution is 2.00. The molecular weight excluding hydrogens is 222 g/mol. The number of oxime groups is 1. The molecule has 1 aromatic carbocycles. The zero-order valence-corrected chi connectivity index (χ0v) is 8.79. The van der Waals surface area contributed by atoms with Crippen molar-refractivity contribution in [3.05, 3.63) is 35.9 Å². The second-order valence-electron chi connectivity index (χ2n) is 2.98. The zero-order valence-electron chi connectivity index (χ0n) is 8.79. The van der Waals surface area contributed by atoms with E-state index in [0.29, 0.717) is 5.56 Å². The summed E-state index contributed by atoms with van der Waals surface area (Å²) < 4.78 is 0. The van der Waals surface area contributed by atoms with Crippen molar-refractivity contribution in [3.8, 4) is 6.07 Å². The molecule has 86 valence electrons. The summed E-state index contributed by atoms with van der Waals surface area (Å²) in [7, 11) is 0. The minimum atomic E-state index is -1.00. The second kappa shape index (κ2) is 6.02. The molecule has 1 rings (SSSR count). The minimum Gasteiger partial charge on any atom is -0.386 e. The normalized spacial score (nSPS) is 10.4. The Balaban J connectivity index is 2.56. The van der Waals surface area contributed by atoms with Gasteiger partial charge in [-0.25, -0.2) is 0 Å². The Kier molecular flexibility index (Phi) is 4.39. The Morgan fingerprint density at radius 2 is 2.00 bits per heavy atom. The first-order valence-corrected chi connectivity index (χ1v) is 4.63. The molecule has 0 spiro atoms. The molecule has 1 aromatic rings. The first-order chi connectivity index (χ1) is 8.15. The second-order valence-corrected chi connectivity index (χ2v) is 2.98. The summed E-state index contributed by atoms with van der Waals surface area (Å²) in [5.41, 5.74) is 4.70. The Hall–Kier alpha value is -2.68. The minimum absolute atomic E-state index is 0.309. The van der Waals surface area contributed by atoms with E-state index < -0.39 is 11.6 Å². The van der Waals surface area contributed by atoms with Crippen molar-refractivity contribution < 1.29 is 14.4 Å². The predicted molar refractivity (Wildman–Crippen MR) is 59.0 cm³/mol. The Morgan fingerprint density at radius 1 is 1.35 bits per heavy atom. The van der Waals surface area contributed by atoms with Crippen LogP contribution in [-0.4, -0.2) is 24.0 Å². The number of amides is 1. The third-order valence-corrected chi connectivity index (χ3v) is 1.79. The number of hydrogen-bond donors (Lipinski definition) is 1. The molecule has 1 amide bonds. The molecule has 0 fully saturated rings. The maximum absolute atomic E-state index is 11.5. The summed E-state index contributed by atoms with van der Waals surface area (Å²) >= 11 is 0. The average molecular weight is 231 g/mol. The molecule has 6 nitrogen and oxygen atoms in total. The van der Waals surface area contributed by atoms with E-state index in [2.05, 4.69) is 9.99 Å². The topological polar surface area (TPSA) is 106 Å². The highest BCUT2D eigenvalue weighted by atomic mass is 16.6. The number of nitrogens with two attached hydrogens (primary N) is 1. The molecule has 0 aliphatic rings. The average Bonchev–Trinajstić information content (AvgIpc) is 2.35. The van der Waals surface area contributed by atoms with E-state index in [1.807, 2.05) is 0 Å². The van der Waals surface area contributed by atoms with Gasteiger partial charge < -0.3 is 10.6 Å². The summed E-state index contributed by atoms with van der Waals surface area (Å²) in [6.07, 6.45) is 0. The number of benzene rings is 1. The van der Waals surface area contributed by atoms with E-state index in [4.69, 9.17) is 11.0 Å². The maximum Gasteiger partial charge on any atom is 0.281 e. The van der Waals surface area contributed by atoms with Gasteiger partial charge in [0.05, 0.1) is 0 Å². The zero-order chi connectivity index (χ0) is 12.7. The van der Waals surface area contributed by atoms with E-state index in [-0.39, 0.29) is 12.4 Å². The van der Waals surface area contributed by atoms with Crippen LogP contribution in [-0.2, 0) is 9.63 Å². The van der Waals surface area contributed by atoms with Crippen LogP contribution in [0.2, 0.25) is 0 Å². The van der Waals surface area contributed by atoms with Gasteiger partial charge in [0.1, 0.15) is 6.07 Å². The van der Waals surface area contributed by atoms with Crippen LogP contribution in [0.3, 0.4) is 0 Å². The van der Waals surface area contributed by atoms with Crippen molar-refractivity contribution in [1.29, 1.82) is 5.26 Å². The molecule has 0 saturated heterocycles. The SMILES string of the molecule is N#C/C(=N/OCC(=O)c1ccccc1)C(N)=O. The number of nitrogens with zero attached hydrogens (tertiary/aromatic N) is 2. The van der Waals surface area contributed by atoms with E-state index >= 15 is 0 Å². The van der Waals surface area contributed by atoms with Crippen molar-refractivity contribution in [2.24, 2.45) is 10.9 Å². The van der Waals surface area contributed by atoms with Gasteiger partial charge in [-0.2, -0.15) is 5.26 Å². The molecule has 0 atom stereocenters. The quantitative estimate of drug-likeness (QED) is 0.445. The molecule has 6 heteroatoms. The molecule has 0 radical (unpaired) electrons. The standard InChI is InChI=1S/C11H9N3O3/c12-6-9(11(13)16)14-17-7-10(15)8-4-2-1-3-5-8/h1-5H,7H2,(H2,13,16)/b14-9-. The summed E-state index contributed by atoms with van der Waals surface area (Å²) in [4.78, 5) is 26.7. The molecule has 0 saturated carbocycles. The molecule has 0 unspecified atom stereocenters. The van der Waals surface area contributed by atoms with Gasteiger partial charge in [0.25, 0.3) is 5.91 Å². The van der Waals surface area contributed by atoms with Gasteiger partial charge in [-0.15, -0.1) is 0 Å². The number of carbonyl (C=O) groups is 2. The van der Waals surface area contributed by atoms with Gasteiger partial charge in [-0.3, -0.25) is 9.59 Å². The number of carbonyl (C=O) groups excluding carboxylic acids is 2. The number of hydrogen-bond acceptors (Lipinski definition) is 5. The van der Waals surface area contributed by atoms with Crippen LogP contribution in [0.15, 0.2) is 35.5 Å². The third-order valence-electron chi connectivity index (χ3n) is 1.79. The Labute approximate surface area is 97.3 Å². The largest absolute Gasteiger partial charge is 0.386 e. The van der Waals surface area contributed by atoms with Crippen molar-refractivity contribution in [3.63, 3.8) is 0 Å². The van der Waals surface area contributed by atoms with Crippen LogP contribution in [0.25, 0.3) is 0 Å². The first kappa shape index (κ1) is 12.4. The maximum atomic E-state index is 11.5. The lowest BCUT2D eigenvalue weighted by Gasteiger charge is -1.99. The summed E-state index contributed by atoms with van der Waals surface area (Å²) in [5.74, 6) is -1.31. The van der Waals surface area contributed by atoms with E-state index in [1.54, 1.807) is 30.3 Å². The molecule has 2 N–H and O–H groups in total. The summed E-state index contributed by atoms with van der Waals surface area (Å²) in [6.45, 7) is -0.359. The van der Waals surface area contributed by atoms with Crippen molar-refractivity contribution >= 4 is 17.4 Å². The molecule has 0 aliphatic carbocycles. The van der Waals surface area contributed by atoms with Gasteiger partial charge in [0.15, 0.2) is 6.61 Å².